The number of carbonyl (C=O) groups is 1. The molecular formula is C16H24N2O2. The number of carbonyl (C=O) groups excluding carboxylic acids is 1. The highest BCUT2D eigenvalue weighted by Gasteiger charge is 2.29. The lowest BCUT2D eigenvalue weighted by molar-refractivity contribution is -0.137. The fraction of sp³-hybridized carbons (Fsp3) is 0.562. The zero-order chi connectivity index (χ0) is 14.4. The number of rotatable bonds is 5. The van der Waals surface area contributed by atoms with Crippen LogP contribution in [0.4, 0.5) is 0 Å². The number of likely N-dealkylation sites (tertiary alicyclic amines) is 1. The predicted molar refractivity (Wildman–Crippen MR) is 79.3 cm³/mol. The number of ether oxygens (including phenoxy) is 1. The average Bonchev–Trinajstić information content (AvgIpc) is 2.48. The van der Waals surface area contributed by atoms with E-state index >= 15 is 0 Å². The molecule has 0 radical (unpaired) electrons. The smallest absolute Gasteiger partial charge is 0.242 e. The molecule has 1 fully saturated rings. The summed E-state index contributed by atoms with van der Waals surface area (Å²) >= 11 is 0. The number of methoxy groups -OCH3 is 1. The Hall–Kier alpha value is -1.39. The SMILES string of the molecule is COCC(N)C(=O)N1CCCCC1Cc1ccccc1. The molecule has 1 aliphatic rings. The van der Waals surface area contributed by atoms with Gasteiger partial charge in [-0.15, -0.1) is 0 Å². The first kappa shape index (κ1) is 15.0. The van der Waals surface area contributed by atoms with Crippen molar-refractivity contribution in [1.82, 2.24) is 4.90 Å². The number of nitrogens with two attached hydrogens (primary N) is 1. The van der Waals surface area contributed by atoms with Crippen LogP contribution in [0.1, 0.15) is 24.8 Å². The topological polar surface area (TPSA) is 55.6 Å². The van der Waals surface area contributed by atoms with Gasteiger partial charge in [0.25, 0.3) is 0 Å². The molecule has 2 unspecified atom stereocenters. The number of hydrogen-bond acceptors (Lipinski definition) is 3. The zero-order valence-corrected chi connectivity index (χ0v) is 12.1. The third kappa shape index (κ3) is 3.81. The first-order valence-electron chi connectivity index (χ1n) is 7.31. The van der Waals surface area contributed by atoms with E-state index in [0.29, 0.717) is 0 Å². The lowest BCUT2D eigenvalue weighted by Crippen LogP contribution is -2.52. The van der Waals surface area contributed by atoms with Crippen LogP contribution in [0.5, 0.6) is 0 Å². The standard InChI is InChI=1S/C16H24N2O2/c1-20-12-15(17)16(19)18-10-6-5-9-14(18)11-13-7-3-2-4-8-13/h2-4,7-8,14-15H,5-6,9-12,17H2,1H3. The van der Waals surface area contributed by atoms with Crippen LogP contribution < -0.4 is 5.73 Å². The van der Waals surface area contributed by atoms with Crippen LogP contribution in [0.15, 0.2) is 30.3 Å². The van der Waals surface area contributed by atoms with Gasteiger partial charge in [-0.3, -0.25) is 4.79 Å². The van der Waals surface area contributed by atoms with E-state index in [-0.39, 0.29) is 18.6 Å². The van der Waals surface area contributed by atoms with E-state index in [4.69, 9.17) is 10.5 Å². The largest absolute Gasteiger partial charge is 0.383 e. The Labute approximate surface area is 120 Å². The lowest BCUT2D eigenvalue weighted by Gasteiger charge is -2.37. The number of piperidine rings is 1. The van der Waals surface area contributed by atoms with E-state index in [0.717, 1.165) is 25.8 Å². The fourth-order valence-corrected chi connectivity index (χ4v) is 2.85. The van der Waals surface area contributed by atoms with E-state index < -0.39 is 6.04 Å². The van der Waals surface area contributed by atoms with Crippen molar-refractivity contribution in [2.45, 2.75) is 37.8 Å². The third-order valence-corrected chi connectivity index (χ3v) is 3.89. The third-order valence-electron chi connectivity index (χ3n) is 3.89. The highest BCUT2D eigenvalue weighted by atomic mass is 16.5. The van der Waals surface area contributed by atoms with Crippen molar-refractivity contribution in [3.8, 4) is 0 Å². The minimum absolute atomic E-state index is 0.0208. The summed E-state index contributed by atoms with van der Waals surface area (Å²) in [5.41, 5.74) is 7.17. The maximum atomic E-state index is 12.4. The fourth-order valence-electron chi connectivity index (χ4n) is 2.85. The zero-order valence-electron chi connectivity index (χ0n) is 12.1. The maximum Gasteiger partial charge on any atom is 0.242 e. The van der Waals surface area contributed by atoms with Crippen molar-refractivity contribution >= 4 is 5.91 Å². The van der Waals surface area contributed by atoms with Crippen molar-refractivity contribution in [3.63, 3.8) is 0 Å². The Morgan fingerprint density at radius 1 is 1.40 bits per heavy atom. The number of amides is 1. The molecule has 2 atom stereocenters. The molecule has 0 bridgehead atoms. The molecule has 1 aromatic carbocycles. The molecule has 1 aromatic rings. The maximum absolute atomic E-state index is 12.4. The molecule has 4 nitrogen and oxygen atoms in total. The molecule has 1 heterocycles. The summed E-state index contributed by atoms with van der Waals surface area (Å²) in [5.74, 6) is 0.0208. The van der Waals surface area contributed by atoms with Crippen molar-refractivity contribution < 1.29 is 9.53 Å². The first-order valence-corrected chi connectivity index (χ1v) is 7.31. The summed E-state index contributed by atoms with van der Waals surface area (Å²) in [6.07, 6.45) is 4.21. The molecule has 0 spiro atoms. The van der Waals surface area contributed by atoms with Crippen molar-refractivity contribution in [2.75, 3.05) is 20.3 Å². The van der Waals surface area contributed by atoms with Crippen LogP contribution in [0.25, 0.3) is 0 Å². The van der Waals surface area contributed by atoms with Gasteiger partial charge in [0.1, 0.15) is 6.04 Å². The van der Waals surface area contributed by atoms with Gasteiger partial charge in [0.15, 0.2) is 0 Å². The summed E-state index contributed by atoms with van der Waals surface area (Å²) < 4.78 is 5.00. The lowest BCUT2D eigenvalue weighted by atomic mass is 9.95. The molecule has 0 aliphatic carbocycles. The molecule has 4 heteroatoms. The van der Waals surface area contributed by atoms with Gasteiger partial charge in [-0.2, -0.15) is 0 Å². The molecule has 1 aliphatic heterocycles. The highest BCUT2D eigenvalue weighted by molar-refractivity contribution is 5.82. The van der Waals surface area contributed by atoms with Crippen LogP contribution in [0.3, 0.4) is 0 Å². The molecule has 0 aromatic heterocycles. The second kappa shape index (κ2) is 7.41. The van der Waals surface area contributed by atoms with E-state index in [9.17, 15) is 4.79 Å². The van der Waals surface area contributed by atoms with Crippen LogP contribution in [0.2, 0.25) is 0 Å². The van der Waals surface area contributed by atoms with Crippen molar-refractivity contribution in [3.05, 3.63) is 35.9 Å². The molecule has 1 saturated heterocycles. The Bertz CT molecular complexity index is 422. The van der Waals surface area contributed by atoms with Gasteiger partial charge in [-0.1, -0.05) is 30.3 Å². The summed E-state index contributed by atoms with van der Waals surface area (Å²) in [5, 5.41) is 0. The van der Waals surface area contributed by atoms with Gasteiger partial charge in [0.2, 0.25) is 5.91 Å². The van der Waals surface area contributed by atoms with E-state index in [1.165, 1.54) is 12.0 Å². The van der Waals surface area contributed by atoms with Gasteiger partial charge in [-0.25, -0.2) is 0 Å². The molecule has 1 amide bonds. The van der Waals surface area contributed by atoms with E-state index in [1.807, 2.05) is 23.1 Å². The highest BCUT2D eigenvalue weighted by Crippen LogP contribution is 2.21. The summed E-state index contributed by atoms with van der Waals surface area (Å²) in [4.78, 5) is 14.4. The van der Waals surface area contributed by atoms with Gasteiger partial charge in [0, 0.05) is 19.7 Å². The van der Waals surface area contributed by atoms with E-state index in [2.05, 4.69) is 12.1 Å². The van der Waals surface area contributed by atoms with E-state index in [1.54, 1.807) is 7.11 Å². The van der Waals surface area contributed by atoms with Gasteiger partial charge in [-0.05, 0) is 31.2 Å². The molecule has 20 heavy (non-hydrogen) atoms. The number of benzene rings is 1. The Kier molecular flexibility index (Phi) is 5.56. The molecular weight excluding hydrogens is 252 g/mol. The second-order valence-electron chi connectivity index (χ2n) is 5.43. The van der Waals surface area contributed by atoms with Gasteiger partial charge >= 0.3 is 0 Å². The molecule has 110 valence electrons. The summed E-state index contributed by atoms with van der Waals surface area (Å²) in [6, 6.07) is 10.1. The normalized spacial score (nSPS) is 20.7. The molecule has 2 N–H and O–H groups in total. The van der Waals surface area contributed by atoms with Crippen LogP contribution >= 0.6 is 0 Å². The van der Waals surface area contributed by atoms with Crippen molar-refractivity contribution in [2.24, 2.45) is 5.73 Å². The Morgan fingerprint density at radius 2 is 2.15 bits per heavy atom. The summed E-state index contributed by atoms with van der Waals surface area (Å²) in [6.45, 7) is 1.10. The molecule has 0 saturated carbocycles. The predicted octanol–water partition coefficient (Wildman–Crippen LogP) is 1.58. The Morgan fingerprint density at radius 3 is 2.85 bits per heavy atom. The monoisotopic (exact) mass is 276 g/mol. The molecule has 2 rings (SSSR count). The Balaban J connectivity index is 2.03. The first-order chi connectivity index (χ1) is 9.72. The van der Waals surface area contributed by atoms with Gasteiger partial charge in [0.05, 0.1) is 6.61 Å². The number of hydrogen-bond donors (Lipinski definition) is 1. The average molecular weight is 276 g/mol. The second-order valence-corrected chi connectivity index (χ2v) is 5.43. The minimum Gasteiger partial charge on any atom is -0.383 e. The van der Waals surface area contributed by atoms with Crippen LogP contribution in [0, 0.1) is 0 Å². The summed E-state index contributed by atoms with van der Waals surface area (Å²) in [7, 11) is 1.57. The van der Waals surface area contributed by atoms with Gasteiger partial charge < -0.3 is 15.4 Å². The van der Waals surface area contributed by atoms with Crippen LogP contribution in [-0.2, 0) is 16.0 Å². The van der Waals surface area contributed by atoms with Crippen molar-refractivity contribution in [1.29, 1.82) is 0 Å². The minimum atomic E-state index is -0.545. The number of nitrogens with zero attached hydrogens (tertiary/aromatic N) is 1. The van der Waals surface area contributed by atoms with Crippen LogP contribution in [-0.4, -0.2) is 43.2 Å². The quantitative estimate of drug-likeness (QED) is 0.888.